The van der Waals surface area contributed by atoms with Gasteiger partial charge in [-0.3, -0.25) is 9.89 Å². The second-order valence-corrected chi connectivity index (χ2v) is 3.97. The highest BCUT2D eigenvalue weighted by Crippen LogP contribution is 2.34. The highest BCUT2D eigenvalue weighted by Gasteiger charge is 2.17. The van der Waals surface area contributed by atoms with Crippen molar-refractivity contribution in [2.75, 3.05) is 6.79 Å². The number of nitrogens with zero attached hydrogens (tertiary/aromatic N) is 3. The van der Waals surface area contributed by atoms with Gasteiger partial charge in [0.25, 0.3) is 5.56 Å². The molecule has 19 heavy (non-hydrogen) atoms. The van der Waals surface area contributed by atoms with Crippen molar-refractivity contribution in [3.05, 3.63) is 28.8 Å². The van der Waals surface area contributed by atoms with Crippen molar-refractivity contribution in [3.63, 3.8) is 0 Å². The largest absolute Gasteiger partial charge is 0.454 e. The number of fused-ring (bicyclic) bond motifs is 2. The van der Waals surface area contributed by atoms with Crippen LogP contribution in [0.4, 0.5) is 0 Å². The van der Waals surface area contributed by atoms with Gasteiger partial charge in [-0.15, -0.1) is 0 Å². The minimum absolute atomic E-state index is 0.151. The summed E-state index contributed by atoms with van der Waals surface area (Å²) in [6.45, 7) is 0.151. The molecule has 2 N–H and O–H groups in total. The quantitative estimate of drug-likeness (QED) is 0.655. The molecule has 0 saturated heterocycles. The van der Waals surface area contributed by atoms with Crippen LogP contribution < -0.4 is 15.0 Å². The van der Waals surface area contributed by atoms with E-state index in [1.54, 1.807) is 12.1 Å². The Morgan fingerprint density at radius 1 is 1.16 bits per heavy atom. The van der Waals surface area contributed by atoms with Gasteiger partial charge in [0.1, 0.15) is 6.33 Å². The van der Waals surface area contributed by atoms with E-state index >= 15 is 0 Å². The Morgan fingerprint density at radius 3 is 2.79 bits per heavy atom. The fourth-order valence-corrected chi connectivity index (χ4v) is 1.96. The molecule has 3 aromatic rings. The first-order valence-corrected chi connectivity index (χ1v) is 5.51. The third-order valence-corrected chi connectivity index (χ3v) is 2.84. The van der Waals surface area contributed by atoms with Crippen LogP contribution in [0.5, 0.6) is 11.5 Å². The average molecular weight is 257 g/mol. The molecule has 1 aliphatic rings. The molecule has 3 heterocycles. The lowest BCUT2D eigenvalue weighted by Gasteiger charge is -2.01. The van der Waals surface area contributed by atoms with Gasteiger partial charge in [0, 0.05) is 6.07 Å². The van der Waals surface area contributed by atoms with Gasteiger partial charge < -0.3 is 14.5 Å². The molecule has 4 rings (SSSR count). The summed E-state index contributed by atoms with van der Waals surface area (Å²) in [5.41, 5.74) is 0.245. The fourth-order valence-electron chi connectivity index (χ4n) is 1.96. The normalized spacial score (nSPS) is 13.1. The van der Waals surface area contributed by atoms with Crippen molar-refractivity contribution in [2.24, 2.45) is 0 Å². The summed E-state index contributed by atoms with van der Waals surface area (Å²) >= 11 is 0. The van der Waals surface area contributed by atoms with Crippen molar-refractivity contribution in [1.82, 2.24) is 25.1 Å². The summed E-state index contributed by atoms with van der Waals surface area (Å²) in [4.78, 5) is 23.0. The van der Waals surface area contributed by atoms with E-state index in [2.05, 4.69) is 25.1 Å². The van der Waals surface area contributed by atoms with Crippen LogP contribution in [0.3, 0.4) is 0 Å². The van der Waals surface area contributed by atoms with Crippen molar-refractivity contribution in [1.29, 1.82) is 0 Å². The van der Waals surface area contributed by atoms with E-state index in [9.17, 15) is 4.79 Å². The topological polar surface area (TPSA) is 106 Å². The molecule has 0 aliphatic carbocycles. The molecule has 0 unspecified atom stereocenters. The van der Waals surface area contributed by atoms with Crippen molar-refractivity contribution >= 4 is 10.9 Å². The molecule has 94 valence electrons. The molecule has 8 nitrogen and oxygen atoms in total. The minimum atomic E-state index is -0.269. The van der Waals surface area contributed by atoms with Gasteiger partial charge in [0.05, 0.1) is 10.9 Å². The van der Waals surface area contributed by atoms with E-state index < -0.39 is 0 Å². The van der Waals surface area contributed by atoms with Crippen LogP contribution in [0.1, 0.15) is 0 Å². The summed E-state index contributed by atoms with van der Waals surface area (Å²) < 4.78 is 10.5. The molecule has 0 spiro atoms. The maximum absolute atomic E-state index is 12.0. The molecule has 8 heteroatoms. The maximum atomic E-state index is 12.0. The van der Waals surface area contributed by atoms with E-state index in [4.69, 9.17) is 9.47 Å². The number of rotatable bonds is 1. The predicted molar refractivity (Wildman–Crippen MR) is 63.9 cm³/mol. The van der Waals surface area contributed by atoms with E-state index in [1.807, 2.05) is 0 Å². The van der Waals surface area contributed by atoms with E-state index in [0.29, 0.717) is 34.1 Å². The second-order valence-electron chi connectivity index (χ2n) is 3.97. The number of H-pyrrole nitrogens is 2. The minimum Gasteiger partial charge on any atom is -0.454 e. The summed E-state index contributed by atoms with van der Waals surface area (Å²) in [5.74, 6) is 1.85. The van der Waals surface area contributed by atoms with Gasteiger partial charge >= 0.3 is 0 Å². The van der Waals surface area contributed by atoms with Gasteiger partial charge in [0.2, 0.25) is 6.79 Å². The van der Waals surface area contributed by atoms with Crippen LogP contribution in [-0.4, -0.2) is 31.9 Å². The van der Waals surface area contributed by atoms with E-state index in [0.717, 1.165) is 0 Å². The van der Waals surface area contributed by atoms with Gasteiger partial charge in [-0.05, 0) is 6.07 Å². The zero-order valence-corrected chi connectivity index (χ0v) is 9.51. The number of benzene rings is 1. The van der Waals surface area contributed by atoms with Gasteiger partial charge in [0.15, 0.2) is 23.1 Å². The number of nitrogens with one attached hydrogen (secondary N) is 2. The third kappa shape index (κ3) is 1.46. The summed E-state index contributed by atoms with van der Waals surface area (Å²) in [5, 5.41) is 6.81. The first kappa shape index (κ1) is 10.1. The first-order chi connectivity index (χ1) is 9.31. The summed E-state index contributed by atoms with van der Waals surface area (Å²) in [7, 11) is 0. The lowest BCUT2D eigenvalue weighted by atomic mass is 10.2. The Kier molecular flexibility index (Phi) is 1.88. The molecule has 0 radical (unpaired) electrons. The molecule has 0 amide bonds. The molecule has 1 aromatic carbocycles. The Hall–Kier alpha value is -2.90. The summed E-state index contributed by atoms with van der Waals surface area (Å²) in [6.07, 6.45) is 1.35. The second kappa shape index (κ2) is 3.55. The Balaban J connectivity index is 2.01. The molecular weight excluding hydrogens is 250 g/mol. The fraction of sp³-hybridized carbons (Fsp3) is 0.0909. The van der Waals surface area contributed by atoms with E-state index in [1.165, 1.54) is 6.33 Å². The molecule has 0 atom stereocenters. The maximum Gasteiger partial charge on any atom is 0.259 e. The van der Waals surface area contributed by atoms with Gasteiger partial charge in [-0.25, -0.2) is 9.97 Å². The highest BCUT2D eigenvalue weighted by molar-refractivity contribution is 5.83. The molecule has 1 aliphatic heterocycles. The number of ether oxygens (including phenoxy) is 2. The van der Waals surface area contributed by atoms with Crippen LogP contribution in [0.25, 0.3) is 22.6 Å². The van der Waals surface area contributed by atoms with Crippen LogP contribution in [0, 0.1) is 0 Å². The van der Waals surface area contributed by atoms with Crippen LogP contribution in [-0.2, 0) is 0 Å². The van der Waals surface area contributed by atoms with Crippen LogP contribution in [0.15, 0.2) is 23.3 Å². The molecule has 0 bridgehead atoms. The molecule has 0 fully saturated rings. The lowest BCUT2D eigenvalue weighted by molar-refractivity contribution is 0.174. The SMILES string of the molecule is O=c1[nH]c(-c2ncn[nH]2)nc2cc3c(cc12)OCO3. The highest BCUT2D eigenvalue weighted by atomic mass is 16.7. The average Bonchev–Trinajstić information content (AvgIpc) is 3.07. The molecular formula is C11H7N5O3. The number of hydrogen-bond acceptors (Lipinski definition) is 6. The van der Waals surface area contributed by atoms with Crippen LogP contribution in [0.2, 0.25) is 0 Å². The van der Waals surface area contributed by atoms with Crippen LogP contribution >= 0.6 is 0 Å². The number of aromatic amines is 2. The zero-order valence-electron chi connectivity index (χ0n) is 9.51. The smallest absolute Gasteiger partial charge is 0.259 e. The third-order valence-electron chi connectivity index (χ3n) is 2.84. The lowest BCUT2D eigenvalue weighted by Crippen LogP contribution is -2.10. The monoisotopic (exact) mass is 257 g/mol. The molecule has 0 saturated carbocycles. The number of aromatic nitrogens is 5. The Bertz CT molecular complexity index is 824. The number of hydrogen-bond donors (Lipinski definition) is 2. The molecule has 2 aromatic heterocycles. The predicted octanol–water partition coefficient (Wildman–Crippen LogP) is 0.437. The zero-order chi connectivity index (χ0) is 12.8. The summed E-state index contributed by atoms with van der Waals surface area (Å²) in [6, 6.07) is 3.29. The Labute approximate surface area is 105 Å². The Morgan fingerprint density at radius 2 is 2.00 bits per heavy atom. The first-order valence-electron chi connectivity index (χ1n) is 5.51. The van der Waals surface area contributed by atoms with E-state index in [-0.39, 0.29) is 12.4 Å². The van der Waals surface area contributed by atoms with Crippen molar-refractivity contribution in [3.8, 4) is 23.1 Å². The van der Waals surface area contributed by atoms with Crippen molar-refractivity contribution < 1.29 is 9.47 Å². The van der Waals surface area contributed by atoms with Crippen molar-refractivity contribution in [2.45, 2.75) is 0 Å². The standard InChI is InChI=1S/C11H7N5O3/c17-11-5-1-7-8(19-4-18-7)2-6(5)14-10(15-11)9-12-3-13-16-9/h1-3H,4H2,(H,12,13,16)(H,14,15,17). The van der Waals surface area contributed by atoms with Gasteiger partial charge in [-0.2, -0.15) is 5.10 Å². The van der Waals surface area contributed by atoms with Gasteiger partial charge in [-0.1, -0.05) is 0 Å².